The van der Waals surface area contributed by atoms with Crippen LogP contribution in [0.3, 0.4) is 0 Å². The van der Waals surface area contributed by atoms with E-state index >= 15 is 0 Å². The third-order valence-corrected chi connectivity index (χ3v) is 7.34. The van der Waals surface area contributed by atoms with Gasteiger partial charge in [-0.05, 0) is 32.1 Å². The van der Waals surface area contributed by atoms with Crippen LogP contribution in [0.15, 0.2) is 10.6 Å². The Morgan fingerprint density at radius 1 is 1.13 bits per heavy atom. The zero-order chi connectivity index (χ0) is 21.8. The summed E-state index contributed by atoms with van der Waals surface area (Å²) in [6.07, 6.45) is 10.2. The minimum absolute atomic E-state index is 0.0445. The van der Waals surface area contributed by atoms with Gasteiger partial charge < -0.3 is 20.1 Å². The van der Waals surface area contributed by atoms with Gasteiger partial charge in [0.05, 0.1) is 17.7 Å². The quantitative estimate of drug-likeness (QED) is 0.745. The normalized spacial score (nSPS) is 25.6. The highest BCUT2D eigenvalue weighted by Gasteiger charge is 2.46. The molecule has 170 valence electrons. The first-order valence-corrected chi connectivity index (χ1v) is 11.8. The number of carbonyl (C=O) groups is 3. The summed E-state index contributed by atoms with van der Waals surface area (Å²) in [6.45, 7) is 1.44. The fourth-order valence-electron chi connectivity index (χ4n) is 5.32. The summed E-state index contributed by atoms with van der Waals surface area (Å²) in [5.41, 5.74) is 5.94. The van der Waals surface area contributed by atoms with Crippen molar-refractivity contribution < 1.29 is 18.9 Å². The summed E-state index contributed by atoms with van der Waals surface area (Å²) in [7, 11) is 0. The fourth-order valence-corrected chi connectivity index (χ4v) is 5.32. The van der Waals surface area contributed by atoms with Crippen molar-refractivity contribution >= 4 is 17.7 Å². The number of carbonyl (C=O) groups excluding carboxylic acids is 3. The topological polar surface area (TPSA) is 110 Å². The Bertz CT molecular complexity index is 816. The molecule has 0 bridgehead atoms. The van der Waals surface area contributed by atoms with E-state index in [-0.39, 0.29) is 24.9 Å². The zero-order valence-electron chi connectivity index (χ0n) is 18.3. The first-order chi connectivity index (χ1) is 15.0. The minimum atomic E-state index is -0.845. The highest BCUT2D eigenvalue weighted by atomic mass is 16.5. The number of primary amides is 1. The van der Waals surface area contributed by atoms with Crippen molar-refractivity contribution in [2.45, 2.75) is 76.5 Å². The maximum Gasteiger partial charge on any atom is 0.242 e. The van der Waals surface area contributed by atoms with Gasteiger partial charge in [0, 0.05) is 44.5 Å². The molecular weight excluding hydrogens is 396 g/mol. The molecule has 8 heteroatoms. The minimum Gasteiger partial charge on any atom is -0.369 e. The van der Waals surface area contributed by atoms with Gasteiger partial charge in [0.15, 0.2) is 0 Å². The molecule has 1 unspecified atom stereocenters. The Hall–Kier alpha value is -2.38. The number of hydrogen-bond acceptors (Lipinski definition) is 5. The lowest BCUT2D eigenvalue weighted by Gasteiger charge is -2.27. The Morgan fingerprint density at radius 3 is 2.68 bits per heavy atom. The van der Waals surface area contributed by atoms with Crippen molar-refractivity contribution in [2.75, 3.05) is 26.2 Å². The first kappa shape index (κ1) is 21.8. The second-order valence-electron chi connectivity index (χ2n) is 9.57. The second-order valence-corrected chi connectivity index (χ2v) is 9.57. The van der Waals surface area contributed by atoms with E-state index in [1.807, 2.05) is 6.07 Å². The van der Waals surface area contributed by atoms with Crippen LogP contribution in [0.2, 0.25) is 0 Å². The summed E-state index contributed by atoms with van der Waals surface area (Å²) >= 11 is 0. The fraction of sp³-hybridized carbons (Fsp3) is 0.739. The van der Waals surface area contributed by atoms with Gasteiger partial charge in [0.2, 0.25) is 17.7 Å². The maximum atomic E-state index is 12.9. The molecule has 3 amide bonds. The van der Waals surface area contributed by atoms with Crippen LogP contribution in [0.1, 0.15) is 81.6 Å². The van der Waals surface area contributed by atoms with Gasteiger partial charge in [0.25, 0.3) is 0 Å². The van der Waals surface area contributed by atoms with E-state index in [2.05, 4.69) is 5.16 Å². The molecule has 1 atom stereocenters. The summed E-state index contributed by atoms with van der Waals surface area (Å²) in [6, 6.07) is 1.97. The van der Waals surface area contributed by atoms with Crippen molar-refractivity contribution in [3.63, 3.8) is 0 Å². The van der Waals surface area contributed by atoms with Crippen LogP contribution < -0.4 is 5.73 Å². The molecule has 2 N–H and O–H groups in total. The predicted octanol–water partition coefficient (Wildman–Crippen LogP) is 2.37. The number of amides is 3. The molecule has 3 fully saturated rings. The van der Waals surface area contributed by atoms with E-state index in [1.165, 1.54) is 19.3 Å². The van der Waals surface area contributed by atoms with Crippen molar-refractivity contribution in [1.29, 1.82) is 0 Å². The van der Waals surface area contributed by atoms with Gasteiger partial charge in [-0.2, -0.15) is 0 Å². The summed E-state index contributed by atoms with van der Waals surface area (Å²) < 4.78 is 5.59. The molecule has 1 aromatic heterocycles. The SMILES string of the molecule is NC(=O)C1(Cc2cc(C3CCCCC3)no2)CCN(C(=O)CN2CCCCCC2=O)C1. The Morgan fingerprint density at radius 2 is 1.90 bits per heavy atom. The summed E-state index contributed by atoms with van der Waals surface area (Å²) in [4.78, 5) is 40.9. The Kier molecular flexibility index (Phi) is 6.62. The van der Waals surface area contributed by atoms with Crippen LogP contribution in [0, 0.1) is 5.41 Å². The van der Waals surface area contributed by atoms with Crippen molar-refractivity contribution in [3.05, 3.63) is 17.5 Å². The molecule has 3 aliphatic rings. The molecule has 8 nitrogen and oxygen atoms in total. The van der Waals surface area contributed by atoms with Crippen LogP contribution in [0.4, 0.5) is 0 Å². The van der Waals surface area contributed by atoms with Gasteiger partial charge in [0.1, 0.15) is 5.76 Å². The maximum absolute atomic E-state index is 12.9. The number of hydrogen-bond donors (Lipinski definition) is 1. The van der Waals surface area contributed by atoms with E-state index in [9.17, 15) is 14.4 Å². The molecule has 2 saturated heterocycles. The largest absolute Gasteiger partial charge is 0.369 e. The molecular formula is C23H34N4O4. The van der Waals surface area contributed by atoms with E-state index < -0.39 is 11.3 Å². The van der Waals surface area contributed by atoms with Crippen LogP contribution in [0.25, 0.3) is 0 Å². The van der Waals surface area contributed by atoms with E-state index in [0.717, 1.165) is 37.8 Å². The number of likely N-dealkylation sites (tertiary alicyclic amines) is 2. The average molecular weight is 431 g/mol. The number of aromatic nitrogens is 1. The van der Waals surface area contributed by atoms with Crippen LogP contribution in [-0.4, -0.2) is 58.9 Å². The molecule has 3 heterocycles. The van der Waals surface area contributed by atoms with Crippen molar-refractivity contribution in [3.8, 4) is 0 Å². The molecule has 31 heavy (non-hydrogen) atoms. The smallest absolute Gasteiger partial charge is 0.242 e. The highest BCUT2D eigenvalue weighted by molar-refractivity contribution is 5.87. The summed E-state index contributed by atoms with van der Waals surface area (Å²) in [5, 5.41) is 4.27. The molecule has 1 saturated carbocycles. The number of nitrogens with two attached hydrogens (primary N) is 1. The lowest BCUT2D eigenvalue weighted by Crippen LogP contribution is -2.45. The van der Waals surface area contributed by atoms with Gasteiger partial charge in [-0.1, -0.05) is 30.8 Å². The van der Waals surface area contributed by atoms with E-state index in [0.29, 0.717) is 44.0 Å². The van der Waals surface area contributed by atoms with Crippen LogP contribution in [-0.2, 0) is 20.8 Å². The van der Waals surface area contributed by atoms with Gasteiger partial charge >= 0.3 is 0 Å². The van der Waals surface area contributed by atoms with Crippen LogP contribution in [0.5, 0.6) is 0 Å². The molecule has 2 aliphatic heterocycles. The molecule has 4 rings (SSSR count). The molecule has 0 radical (unpaired) electrons. The van der Waals surface area contributed by atoms with Gasteiger partial charge in [-0.15, -0.1) is 0 Å². The predicted molar refractivity (Wildman–Crippen MR) is 114 cm³/mol. The number of rotatable bonds is 6. The summed E-state index contributed by atoms with van der Waals surface area (Å²) in [5.74, 6) is 0.617. The number of nitrogens with zero attached hydrogens (tertiary/aromatic N) is 3. The van der Waals surface area contributed by atoms with Gasteiger partial charge in [-0.3, -0.25) is 14.4 Å². The average Bonchev–Trinajstić information content (AvgIpc) is 3.36. The molecule has 0 spiro atoms. The van der Waals surface area contributed by atoms with Crippen molar-refractivity contribution in [2.24, 2.45) is 11.1 Å². The van der Waals surface area contributed by atoms with E-state index in [1.54, 1.807) is 9.80 Å². The lowest BCUT2D eigenvalue weighted by atomic mass is 9.81. The zero-order valence-corrected chi connectivity index (χ0v) is 18.3. The highest BCUT2D eigenvalue weighted by Crippen LogP contribution is 2.37. The molecule has 1 aromatic rings. The first-order valence-electron chi connectivity index (χ1n) is 11.8. The van der Waals surface area contributed by atoms with Crippen LogP contribution >= 0.6 is 0 Å². The Labute approximate surface area is 183 Å². The third kappa shape index (κ3) is 4.93. The van der Waals surface area contributed by atoms with Gasteiger partial charge in [-0.25, -0.2) is 0 Å². The lowest BCUT2D eigenvalue weighted by molar-refractivity contribution is -0.140. The third-order valence-electron chi connectivity index (χ3n) is 7.34. The van der Waals surface area contributed by atoms with Crippen molar-refractivity contribution in [1.82, 2.24) is 15.0 Å². The molecule has 0 aromatic carbocycles. The monoisotopic (exact) mass is 430 g/mol. The second kappa shape index (κ2) is 9.40. The molecule has 1 aliphatic carbocycles. The standard InChI is InChI=1S/C23H34N4O4/c24-22(30)23(14-18-13-19(25-31-18)17-7-3-1-4-8-17)10-12-27(16-23)21(29)15-26-11-6-2-5-9-20(26)28/h13,17H,1-12,14-16H2,(H2,24,30). The Balaban J connectivity index is 1.39. The van der Waals surface area contributed by atoms with E-state index in [4.69, 9.17) is 10.3 Å².